The fraction of sp³-hybridized carbons (Fsp3) is 1.00. The van der Waals surface area contributed by atoms with Crippen LogP contribution in [-0.2, 0) is 0 Å². The second-order valence-electron chi connectivity index (χ2n) is 2.51. The van der Waals surface area contributed by atoms with Crippen LogP contribution in [0.2, 0.25) is 0 Å². The number of nitrogens with zero attached hydrogens (tertiary/aromatic N) is 1. The molecule has 0 aromatic carbocycles. The summed E-state index contributed by atoms with van der Waals surface area (Å²) in [7, 11) is 1.45. The molecule has 0 aromatic heterocycles. The van der Waals surface area contributed by atoms with E-state index >= 15 is 0 Å². The summed E-state index contributed by atoms with van der Waals surface area (Å²) >= 11 is 0. The Bertz CT molecular complexity index is 45.8. The van der Waals surface area contributed by atoms with Crippen molar-refractivity contribution in [1.29, 1.82) is 0 Å². The molecule has 0 aromatic rings. The van der Waals surface area contributed by atoms with Crippen LogP contribution >= 0.6 is 0 Å². The molecular formula is C10H26FN. The van der Waals surface area contributed by atoms with Gasteiger partial charge in [-0.05, 0) is 12.3 Å². The molecule has 0 bridgehead atoms. The molecule has 0 unspecified atom stereocenters. The van der Waals surface area contributed by atoms with Crippen LogP contribution in [-0.4, -0.2) is 18.7 Å². The molecule has 0 atom stereocenters. The van der Waals surface area contributed by atoms with Crippen molar-refractivity contribution in [2.45, 2.75) is 48.0 Å². The van der Waals surface area contributed by atoms with Crippen molar-refractivity contribution in [2.24, 2.45) is 5.92 Å². The van der Waals surface area contributed by atoms with E-state index in [1.807, 2.05) is 27.7 Å². The van der Waals surface area contributed by atoms with Crippen LogP contribution in [0.15, 0.2) is 0 Å². The molecule has 0 amide bonds. The summed E-state index contributed by atoms with van der Waals surface area (Å²) in [5.41, 5.74) is 0. The van der Waals surface area contributed by atoms with Crippen molar-refractivity contribution in [2.75, 3.05) is 13.6 Å². The van der Waals surface area contributed by atoms with E-state index in [0.717, 1.165) is 11.5 Å². The summed E-state index contributed by atoms with van der Waals surface area (Å²) in [6.07, 6.45) is 0.938. The van der Waals surface area contributed by atoms with Crippen molar-refractivity contribution in [3.8, 4) is 0 Å². The Morgan fingerprint density at radius 1 is 1.08 bits per heavy atom. The largest absolute Gasteiger partial charge is 0.149 e. The van der Waals surface area contributed by atoms with Gasteiger partial charge in [0.1, 0.15) is 0 Å². The molecule has 12 heavy (non-hydrogen) atoms. The standard InChI is InChI=1S/C6H14FN.2C2H6/c1-6(2)4-5-8(3)7;2*1-2/h6H,4-5H2,1-3H3;2*1-2H3. The Morgan fingerprint density at radius 2 is 1.42 bits per heavy atom. The monoisotopic (exact) mass is 179 g/mol. The van der Waals surface area contributed by atoms with Crippen molar-refractivity contribution in [3.05, 3.63) is 0 Å². The maximum absolute atomic E-state index is 11.9. The van der Waals surface area contributed by atoms with Gasteiger partial charge in [0, 0.05) is 13.6 Å². The van der Waals surface area contributed by atoms with Gasteiger partial charge in [-0.2, -0.15) is 0 Å². The molecule has 1 nitrogen and oxygen atoms in total. The van der Waals surface area contributed by atoms with E-state index in [2.05, 4.69) is 13.8 Å². The van der Waals surface area contributed by atoms with Crippen molar-refractivity contribution in [3.63, 3.8) is 0 Å². The Morgan fingerprint density at radius 3 is 1.50 bits per heavy atom. The maximum atomic E-state index is 11.9. The first-order chi connectivity index (χ1) is 5.63. The molecule has 0 N–H and O–H groups in total. The average Bonchev–Trinajstić information content (AvgIpc) is 2.08. The third-order valence-electron chi connectivity index (χ3n) is 1.01. The second-order valence-corrected chi connectivity index (χ2v) is 2.51. The Kier molecular flexibility index (Phi) is 25.4. The smallest absolute Gasteiger partial charge is 0.0289 e. The van der Waals surface area contributed by atoms with Crippen LogP contribution in [0.25, 0.3) is 0 Å². The van der Waals surface area contributed by atoms with Crippen LogP contribution < -0.4 is 0 Å². The van der Waals surface area contributed by atoms with Gasteiger partial charge in [0.05, 0.1) is 0 Å². The van der Waals surface area contributed by atoms with Crippen LogP contribution in [0.1, 0.15) is 48.0 Å². The second kappa shape index (κ2) is 17.1. The molecule has 78 valence electrons. The minimum atomic E-state index is 0.553. The quantitative estimate of drug-likeness (QED) is 0.594. The highest BCUT2D eigenvalue weighted by atomic mass is 19.2. The lowest BCUT2D eigenvalue weighted by Crippen LogP contribution is -2.09. The lowest BCUT2D eigenvalue weighted by Gasteiger charge is -2.05. The topological polar surface area (TPSA) is 3.24 Å². The first kappa shape index (κ1) is 17.8. The molecule has 0 aliphatic heterocycles. The maximum Gasteiger partial charge on any atom is 0.0289 e. The highest BCUT2D eigenvalue weighted by Crippen LogP contribution is 1.99. The van der Waals surface area contributed by atoms with Gasteiger partial charge < -0.3 is 0 Å². The summed E-state index contributed by atoms with van der Waals surface area (Å²) in [6.45, 7) is 12.7. The fourth-order valence-electron chi connectivity index (χ4n) is 0.436. The number of halogens is 1. The summed E-state index contributed by atoms with van der Waals surface area (Å²) < 4.78 is 11.9. The Balaban J connectivity index is -0.000000175. The highest BCUT2D eigenvalue weighted by Gasteiger charge is 1.95. The molecular weight excluding hydrogens is 153 g/mol. The third-order valence-corrected chi connectivity index (χ3v) is 1.01. The van der Waals surface area contributed by atoms with E-state index < -0.39 is 0 Å². The van der Waals surface area contributed by atoms with Gasteiger partial charge >= 0.3 is 0 Å². The minimum absolute atomic E-state index is 0.553. The lowest BCUT2D eigenvalue weighted by atomic mass is 10.1. The third kappa shape index (κ3) is 32.7. The van der Waals surface area contributed by atoms with Crippen molar-refractivity contribution >= 4 is 0 Å². The van der Waals surface area contributed by atoms with Crippen LogP contribution in [0.4, 0.5) is 4.48 Å². The van der Waals surface area contributed by atoms with Crippen molar-refractivity contribution in [1.82, 2.24) is 5.12 Å². The van der Waals surface area contributed by atoms with Crippen LogP contribution in [0, 0.1) is 5.92 Å². The van der Waals surface area contributed by atoms with Gasteiger partial charge in [-0.25, -0.2) is 0 Å². The molecule has 0 aliphatic rings. The molecule has 0 heterocycles. The van der Waals surface area contributed by atoms with E-state index in [-0.39, 0.29) is 0 Å². The first-order valence-electron chi connectivity index (χ1n) is 5.00. The highest BCUT2D eigenvalue weighted by molar-refractivity contribution is 4.44. The minimum Gasteiger partial charge on any atom is -0.149 e. The number of hydrogen-bond donors (Lipinski definition) is 0. The van der Waals surface area contributed by atoms with E-state index in [0.29, 0.717) is 12.5 Å². The Hall–Kier alpha value is -0.110. The molecule has 0 spiro atoms. The number of rotatable bonds is 3. The average molecular weight is 179 g/mol. The van der Waals surface area contributed by atoms with E-state index in [9.17, 15) is 4.48 Å². The normalized spacial score (nSPS) is 8.50. The SMILES string of the molecule is CC.CC.CC(C)CCN(C)F. The predicted octanol–water partition coefficient (Wildman–Crippen LogP) is 3.90. The summed E-state index contributed by atoms with van der Waals surface area (Å²) in [4.78, 5) is 0. The van der Waals surface area contributed by atoms with E-state index in [1.54, 1.807) is 0 Å². The van der Waals surface area contributed by atoms with Crippen LogP contribution in [0.3, 0.4) is 0 Å². The summed E-state index contributed by atoms with van der Waals surface area (Å²) in [5, 5.41) is 0.722. The molecule has 0 radical (unpaired) electrons. The Labute approximate surface area is 77.9 Å². The van der Waals surface area contributed by atoms with Gasteiger partial charge in [0.2, 0.25) is 0 Å². The number of hydrogen-bond acceptors (Lipinski definition) is 1. The molecule has 0 fully saturated rings. The summed E-state index contributed by atoms with van der Waals surface area (Å²) in [5.74, 6) is 0.605. The predicted molar refractivity (Wildman–Crippen MR) is 55.9 cm³/mol. The fourth-order valence-corrected chi connectivity index (χ4v) is 0.436. The van der Waals surface area contributed by atoms with E-state index in [1.165, 1.54) is 7.05 Å². The van der Waals surface area contributed by atoms with Crippen molar-refractivity contribution < 1.29 is 4.48 Å². The van der Waals surface area contributed by atoms with Gasteiger partial charge in [0.15, 0.2) is 0 Å². The lowest BCUT2D eigenvalue weighted by molar-refractivity contribution is 0.0547. The first-order valence-corrected chi connectivity index (χ1v) is 5.00. The zero-order valence-corrected chi connectivity index (χ0v) is 9.82. The van der Waals surface area contributed by atoms with Gasteiger partial charge in [-0.15, -0.1) is 9.60 Å². The molecule has 0 saturated carbocycles. The zero-order chi connectivity index (χ0) is 10.6. The molecule has 0 rings (SSSR count). The molecule has 0 aliphatic carbocycles. The van der Waals surface area contributed by atoms with Gasteiger partial charge in [-0.1, -0.05) is 41.5 Å². The van der Waals surface area contributed by atoms with E-state index in [4.69, 9.17) is 0 Å². The summed E-state index contributed by atoms with van der Waals surface area (Å²) in [6, 6.07) is 0. The van der Waals surface area contributed by atoms with Gasteiger partial charge in [0.25, 0.3) is 0 Å². The zero-order valence-electron chi connectivity index (χ0n) is 9.82. The van der Waals surface area contributed by atoms with Crippen LogP contribution in [0.5, 0.6) is 0 Å². The van der Waals surface area contributed by atoms with Gasteiger partial charge in [-0.3, -0.25) is 0 Å². The molecule has 0 saturated heterocycles. The molecule has 2 heteroatoms.